The predicted molar refractivity (Wildman–Crippen MR) is 585 cm³/mol. The minimum atomic E-state index is -3.47. The third kappa shape index (κ3) is 41.7. The van der Waals surface area contributed by atoms with Crippen LogP contribution < -0.4 is 30.1 Å². The van der Waals surface area contributed by atoms with E-state index in [1.54, 1.807) is 86.0 Å². The molecule has 26 nitrogen and oxygen atoms in total. The molecule has 0 radical (unpaired) electrons. The van der Waals surface area contributed by atoms with Crippen LogP contribution in [0.15, 0.2) is 232 Å². The van der Waals surface area contributed by atoms with E-state index in [2.05, 4.69) is 232 Å². The fourth-order valence-electron chi connectivity index (χ4n) is 14.6. The SMILES string of the molecule is CC(C)(C)Cc1cccs1.CC(C)(C)Cc1ccncc1.CC(C)(C)Cc1cnccn1.CC(C)(C)Cc1cncnc1.CC(N)c1ccccc1.CCCCCCCC.CCc1cnc2c(c1)C(=O)N(C)c1cccnc1N2CC.CCc1cnc2c(c1)C(=O)N(C)c1cccnc1N2CC.CCc1ncnc2nc[nH]c12.Cc1c(-c2ccc(F)cc2)nc(NS(C)(=O)=O)nc1C(C)C.Cc1cccnc1. The van der Waals surface area contributed by atoms with Crippen LogP contribution in [-0.4, -0.2) is 133 Å². The smallest absolute Gasteiger partial charge is 0.261 e. The zero-order chi connectivity index (χ0) is 105. The molecule has 29 heteroatoms. The second-order valence-corrected chi connectivity index (χ2v) is 42.5. The Bertz CT molecular complexity index is 5870. The first-order valence-corrected chi connectivity index (χ1v) is 51.9. The number of nitrogens with one attached hydrogen (secondary N) is 2. The van der Waals surface area contributed by atoms with Gasteiger partial charge in [-0.25, -0.2) is 67.6 Å². The van der Waals surface area contributed by atoms with E-state index in [0.717, 1.165) is 113 Å². The van der Waals surface area contributed by atoms with E-state index in [-0.39, 0.29) is 35.5 Å². The van der Waals surface area contributed by atoms with Crippen molar-refractivity contribution in [3.63, 3.8) is 0 Å². The van der Waals surface area contributed by atoms with Gasteiger partial charge in [0.1, 0.15) is 35.6 Å². The lowest BCUT2D eigenvalue weighted by Gasteiger charge is -2.22. The minimum Gasteiger partial charge on any atom is -0.342 e. The molecule has 1 atom stereocenters. The lowest BCUT2D eigenvalue weighted by Crippen LogP contribution is -2.25. The van der Waals surface area contributed by atoms with Gasteiger partial charge in [-0.1, -0.05) is 213 Å². The van der Waals surface area contributed by atoms with Crippen molar-refractivity contribution >= 4 is 84.9 Å². The third-order valence-electron chi connectivity index (χ3n) is 21.4. The van der Waals surface area contributed by atoms with Crippen LogP contribution >= 0.6 is 11.3 Å². The van der Waals surface area contributed by atoms with E-state index in [9.17, 15) is 22.4 Å². The number of fused-ring (bicyclic) bond motifs is 5. The molecule has 16 rings (SSSR count). The zero-order valence-corrected chi connectivity index (χ0v) is 90.7. The molecule has 1 unspecified atom stereocenters. The Morgan fingerprint density at radius 1 is 0.479 bits per heavy atom. The highest BCUT2D eigenvalue weighted by atomic mass is 32.2. The second-order valence-electron chi connectivity index (χ2n) is 39.7. The number of aryl methyl sites for hydroxylation is 4. The largest absolute Gasteiger partial charge is 0.342 e. The summed E-state index contributed by atoms with van der Waals surface area (Å²) in [5.41, 5.74) is 23.7. The fourth-order valence-corrected chi connectivity index (χ4v) is 16.0. The van der Waals surface area contributed by atoms with E-state index >= 15 is 0 Å². The van der Waals surface area contributed by atoms with E-state index < -0.39 is 10.0 Å². The molecule has 0 saturated carbocycles. The number of aromatic amines is 1. The zero-order valence-electron chi connectivity index (χ0n) is 89.1. The molecular formula is C113H155FN22O4S2. The molecule has 12 aromatic heterocycles. The summed E-state index contributed by atoms with van der Waals surface area (Å²) in [5.74, 6) is 2.61. The van der Waals surface area contributed by atoms with Crippen molar-refractivity contribution < 1.29 is 22.4 Å². The van der Waals surface area contributed by atoms with Gasteiger partial charge in [0.25, 0.3) is 11.8 Å². The summed E-state index contributed by atoms with van der Waals surface area (Å²) in [4.78, 5) is 99.9. The van der Waals surface area contributed by atoms with Gasteiger partial charge in [0.05, 0.1) is 57.9 Å². The summed E-state index contributed by atoms with van der Waals surface area (Å²) in [6.45, 7) is 52.7. The number of hydrogen-bond donors (Lipinski definition) is 3. The standard InChI is InChI=1S/2C16H18N4O.C15H18FN3O2S.C10H15N.2C9H14N2.C9H14S.C8H11N.C8H18.C7H8N4.C6H7N/c2*1-4-11-9-12-14(18-10-11)20(5-2)15-13(7-6-8-17-15)19(3)16(12)21;1-9(2)13-10(3)14(11-5-7-12(16)8-6-11)18-15(17-13)19-22(4,20)21;1-10(2,3)8-9-4-6-11-7-5-9;1-9(2,3)4-8-5-10-7-11-6-8;1-9(2,3)6-8-7-10-4-5-11-8;1-9(2,3)7-8-5-4-6-10-8;1-7(9)8-5-3-2-4-6-8;1-3-5-7-8-6-4-2;1-2-5-6-7(10-3-8-5)11-4-9-6;1-6-3-2-4-7-5-6/h2*6-10H,4-5H2,1-3H3;5-9H,1-4H3,(H,17,18,19);4-7H,8H2,1-3H3;5-7H,4H2,1-3H3;4-5,7H,6H2,1-3H3;4-6H,7H2,1-3H3;2-7H,9H2,1H3;3-8H2,1-2H3;3-4H,2H2,1H3,(H,8,9,10,11);2-5H,1H3. The van der Waals surface area contributed by atoms with Gasteiger partial charge < -0.3 is 30.3 Å². The molecule has 2 aromatic carbocycles. The van der Waals surface area contributed by atoms with Gasteiger partial charge in [0.15, 0.2) is 17.3 Å². The topological polar surface area (TPSA) is 328 Å². The van der Waals surface area contributed by atoms with Crippen LogP contribution in [0.25, 0.3) is 22.4 Å². The number of thiophene rings is 1. The van der Waals surface area contributed by atoms with Crippen molar-refractivity contribution in [1.82, 2.24) is 79.7 Å². The van der Waals surface area contributed by atoms with Gasteiger partial charge in [-0.05, 0) is 236 Å². The average molecular weight is 1970 g/mol. The lowest BCUT2D eigenvalue weighted by molar-refractivity contribution is 0.0986. The Kier molecular flexibility index (Phi) is 48.9. The van der Waals surface area contributed by atoms with Gasteiger partial charge in [-0.3, -0.25) is 34.2 Å². The van der Waals surface area contributed by atoms with Gasteiger partial charge >= 0.3 is 0 Å². The Morgan fingerprint density at radius 3 is 1.44 bits per heavy atom. The van der Waals surface area contributed by atoms with Crippen LogP contribution in [-0.2, 0) is 55.0 Å². The molecule has 0 spiro atoms. The van der Waals surface area contributed by atoms with E-state index in [1.807, 2.05) is 198 Å². The molecule has 2 aliphatic heterocycles. The molecular weight excluding hydrogens is 1810 g/mol. The Morgan fingerprint density at radius 2 is 1.01 bits per heavy atom. The monoisotopic (exact) mass is 1970 g/mol. The molecule has 14 aromatic rings. The maximum atomic E-state index is 13.1. The van der Waals surface area contributed by atoms with Crippen molar-refractivity contribution in [2.45, 2.75) is 262 Å². The number of imidazole rings is 1. The van der Waals surface area contributed by atoms with Crippen molar-refractivity contribution in [3.8, 4) is 11.3 Å². The normalized spacial score (nSPS) is 12.0. The summed E-state index contributed by atoms with van der Waals surface area (Å²) in [5, 5.41) is 2.14. The van der Waals surface area contributed by atoms with Crippen molar-refractivity contribution in [3.05, 3.63) is 310 Å². The second kappa shape index (κ2) is 59.0. The summed E-state index contributed by atoms with van der Waals surface area (Å²) < 4.78 is 38.2. The number of aromatic nitrogens is 16. The molecule has 760 valence electrons. The van der Waals surface area contributed by atoms with Crippen LogP contribution in [0, 0.1) is 41.3 Å². The number of pyridine rings is 6. The molecule has 0 saturated heterocycles. The molecule has 0 aliphatic carbocycles. The number of nitrogens with two attached hydrogens (primary N) is 1. The molecule has 0 fully saturated rings. The average Bonchev–Trinajstić information content (AvgIpc) is 1.62. The lowest BCUT2D eigenvalue weighted by atomic mass is 9.89. The highest BCUT2D eigenvalue weighted by molar-refractivity contribution is 7.92. The number of nitrogens with zero attached hydrogens (tertiary/aromatic N) is 19. The van der Waals surface area contributed by atoms with Crippen molar-refractivity contribution in [1.29, 1.82) is 0 Å². The molecule has 142 heavy (non-hydrogen) atoms. The van der Waals surface area contributed by atoms with E-state index in [0.29, 0.717) is 68.8 Å². The molecule has 0 bridgehead atoms. The molecule has 4 N–H and O–H groups in total. The van der Waals surface area contributed by atoms with Gasteiger partial charge in [0.2, 0.25) is 16.0 Å². The summed E-state index contributed by atoms with van der Waals surface area (Å²) in [6, 6.07) is 39.9. The Balaban J connectivity index is 0.000000244. The highest BCUT2D eigenvalue weighted by Gasteiger charge is 2.33. The molecule has 2 amide bonds. The van der Waals surface area contributed by atoms with Crippen LogP contribution in [0.5, 0.6) is 0 Å². The maximum absolute atomic E-state index is 13.1. The van der Waals surface area contributed by atoms with Crippen LogP contribution in [0.1, 0.15) is 284 Å². The number of carbonyl (C=O) groups is 2. The quantitative estimate of drug-likeness (QED) is 0.0633. The third-order valence-corrected chi connectivity index (χ3v) is 22.9. The first-order chi connectivity index (χ1) is 67.3. The number of sulfonamides is 1. The van der Waals surface area contributed by atoms with Crippen LogP contribution in [0.4, 0.5) is 45.0 Å². The molecule has 14 heterocycles. The summed E-state index contributed by atoms with van der Waals surface area (Å²) in [7, 11) is 0.0911. The number of halogens is 1. The van der Waals surface area contributed by atoms with Gasteiger partial charge in [-0.15, -0.1) is 11.3 Å². The number of amides is 2. The van der Waals surface area contributed by atoms with Gasteiger partial charge in [-0.2, -0.15) is 0 Å². The van der Waals surface area contributed by atoms with E-state index in [4.69, 9.17) is 5.73 Å². The highest BCUT2D eigenvalue weighted by Crippen LogP contribution is 2.40. The number of H-pyrrole nitrogens is 1. The van der Waals surface area contributed by atoms with Crippen molar-refractivity contribution in [2.75, 3.05) is 57.8 Å². The van der Waals surface area contributed by atoms with Gasteiger partial charge in [0, 0.05) is 124 Å². The van der Waals surface area contributed by atoms with Crippen molar-refractivity contribution in [2.24, 2.45) is 27.4 Å². The predicted octanol–water partition coefficient (Wildman–Crippen LogP) is 26.2. The minimum absolute atomic E-state index is 0.0242. The summed E-state index contributed by atoms with van der Waals surface area (Å²) >= 11 is 1.85. The first kappa shape index (κ1) is 118. The summed E-state index contributed by atoms with van der Waals surface area (Å²) in [6.07, 6.45) is 44.7. The maximum Gasteiger partial charge on any atom is 0.261 e. The van der Waals surface area contributed by atoms with Crippen LogP contribution in [0.2, 0.25) is 0 Å². The van der Waals surface area contributed by atoms with Crippen LogP contribution in [0.3, 0.4) is 0 Å². The number of benzene rings is 2. The number of rotatable bonds is 19. The number of carbonyl (C=O) groups excluding carboxylic acids is 2. The van der Waals surface area contributed by atoms with E-state index in [1.165, 1.54) is 84.2 Å². The molecule has 2 aliphatic rings. The Labute approximate surface area is 849 Å². The number of anilines is 7. The first-order valence-electron chi connectivity index (χ1n) is 49.2. The number of unbranched alkanes of at least 4 members (excludes halogenated alkanes) is 5. The Hall–Kier alpha value is -13.0. The number of hydrogen-bond acceptors (Lipinski definition) is 23. The fraction of sp³-hybridized carbons (Fsp3) is 0.425.